The van der Waals surface area contributed by atoms with E-state index in [9.17, 15) is 0 Å². The van der Waals surface area contributed by atoms with Crippen molar-refractivity contribution >= 4 is 11.4 Å². The Labute approximate surface area is 122 Å². The molecule has 0 amide bonds. The third kappa shape index (κ3) is 3.32. The van der Waals surface area contributed by atoms with E-state index in [1.165, 1.54) is 27.9 Å². The van der Waals surface area contributed by atoms with Crippen LogP contribution in [0, 0.1) is 20.8 Å². The van der Waals surface area contributed by atoms with Crippen LogP contribution in [0.4, 0.5) is 11.4 Å². The van der Waals surface area contributed by atoms with Gasteiger partial charge in [-0.1, -0.05) is 18.2 Å². The number of nitrogens with zero attached hydrogens (tertiary/aromatic N) is 1. The van der Waals surface area contributed by atoms with E-state index < -0.39 is 0 Å². The van der Waals surface area contributed by atoms with Gasteiger partial charge >= 0.3 is 0 Å². The van der Waals surface area contributed by atoms with Gasteiger partial charge in [-0.15, -0.1) is 0 Å². The summed E-state index contributed by atoms with van der Waals surface area (Å²) in [7, 11) is 2.12. The fourth-order valence-corrected chi connectivity index (χ4v) is 2.47. The van der Waals surface area contributed by atoms with Crippen LogP contribution in [0.15, 0.2) is 36.4 Å². The molecule has 2 aromatic rings. The highest BCUT2D eigenvalue weighted by atomic mass is 15.1. The van der Waals surface area contributed by atoms with Crippen molar-refractivity contribution < 1.29 is 0 Å². The van der Waals surface area contributed by atoms with Crippen molar-refractivity contribution in [2.45, 2.75) is 27.2 Å². The summed E-state index contributed by atoms with van der Waals surface area (Å²) in [6, 6.07) is 12.6. The molecule has 0 fully saturated rings. The highest BCUT2D eigenvalue weighted by Gasteiger charge is 2.05. The van der Waals surface area contributed by atoms with E-state index in [4.69, 9.17) is 5.73 Å². The molecule has 2 rings (SSSR count). The summed E-state index contributed by atoms with van der Waals surface area (Å²) < 4.78 is 0. The Bertz CT molecular complexity index is 602. The van der Waals surface area contributed by atoms with Crippen molar-refractivity contribution in [2.75, 3.05) is 24.2 Å². The van der Waals surface area contributed by atoms with Crippen LogP contribution in [-0.4, -0.2) is 13.6 Å². The number of nitrogens with two attached hydrogens (primary N) is 1. The fraction of sp³-hybridized carbons (Fsp3) is 0.333. The van der Waals surface area contributed by atoms with Gasteiger partial charge in [0.05, 0.1) is 0 Å². The molecule has 0 saturated carbocycles. The summed E-state index contributed by atoms with van der Waals surface area (Å²) in [5.74, 6) is 0. The molecule has 0 spiro atoms. The van der Waals surface area contributed by atoms with Crippen molar-refractivity contribution in [1.82, 2.24) is 0 Å². The molecule has 2 aromatic carbocycles. The zero-order valence-electron chi connectivity index (χ0n) is 12.9. The van der Waals surface area contributed by atoms with E-state index in [2.05, 4.69) is 50.9 Å². The molecule has 2 nitrogen and oxygen atoms in total. The summed E-state index contributed by atoms with van der Waals surface area (Å²) in [5, 5.41) is 0. The number of nitrogen functional groups attached to an aromatic ring is 1. The van der Waals surface area contributed by atoms with E-state index in [1.54, 1.807) is 0 Å². The zero-order valence-corrected chi connectivity index (χ0v) is 12.9. The Kier molecular flexibility index (Phi) is 4.33. The van der Waals surface area contributed by atoms with Crippen LogP contribution >= 0.6 is 0 Å². The minimum absolute atomic E-state index is 0.816. The molecular weight excluding hydrogens is 244 g/mol. The molecule has 0 unspecified atom stereocenters. The second-order valence-electron chi connectivity index (χ2n) is 5.63. The van der Waals surface area contributed by atoms with E-state index in [1.807, 2.05) is 18.2 Å². The molecule has 0 aromatic heterocycles. The summed E-state index contributed by atoms with van der Waals surface area (Å²) in [5.41, 5.74) is 13.4. The SMILES string of the molecule is Cc1cc(C)c(CCN(C)c2cccc(N)c2)cc1C. The molecule has 0 heterocycles. The monoisotopic (exact) mass is 268 g/mol. The molecule has 0 saturated heterocycles. The number of rotatable bonds is 4. The van der Waals surface area contributed by atoms with Gasteiger partial charge in [0.15, 0.2) is 0 Å². The maximum atomic E-state index is 5.84. The first-order chi connectivity index (χ1) is 9.47. The largest absolute Gasteiger partial charge is 0.399 e. The van der Waals surface area contributed by atoms with Crippen molar-refractivity contribution in [3.8, 4) is 0 Å². The van der Waals surface area contributed by atoms with Gasteiger partial charge in [0, 0.05) is 25.0 Å². The number of anilines is 2. The van der Waals surface area contributed by atoms with Crippen LogP contribution in [-0.2, 0) is 6.42 Å². The number of hydrogen-bond donors (Lipinski definition) is 1. The lowest BCUT2D eigenvalue weighted by Crippen LogP contribution is -2.20. The first kappa shape index (κ1) is 14.4. The topological polar surface area (TPSA) is 29.3 Å². The molecule has 0 atom stereocenters. The summed E-state index contributed by atoms with van der Waals surface area (Å²) in [6.45, 7) is 7.54. The van der Waals surface area contributed by atoms with Crippen molar-refractivity contribution in [3.05, 3.63) is 58.7 Å². The van der Waals surface area contributed by atoms with E-state index in [0.29, 0.717) is 0 Å². The first-order valence-corrected chi connectivity index (χ1v) is 7.11. The van der Waals surface area contributed by atoms with E-state index >= 15 is 0 Å². The Morgan fingerprint density at radius 3 is 2.35 bits per heavy atom. The lowest BCUT2D eigenvalue weighted by atomic mass is 9.98. The highest BCUT2D eigenvalue weighted by molar-refractivity contribution is 5.55. The second-order valence-corrected chi connectivity index (χ2v) is 5.63. The molecule has 20 heavy (non-hydrogen) atoms. The third-order valence-corrected chi connectivity index (χ3v) is 3.98. The van der Waals surface area contributed by atoms with Crippen LogP contribution in [0.5, 0.6) is 0 Å². The Morgan fingerprint density at radius 1 is 0.950 bits per heavy atom. The minimum Gasteiger partial charge on any atom is -0.399 e. The average Bonchev–Trinajstić information content (AvgIpc) is 2.41. The predicted molar refractivity (Wildman–Crippen MR) is 88.5 cm³/mol. The predicted octanol–water partition coefficient (Wildman–Crippen LogP) is 3.87. The Hall–Kier alpha value is -1.96. The van der Waals surface area contributed by atoms with Crippen LogP contribution in [0.2, 0.25) is 0 Å². The Morgan fingerprint density at radius 2 is 1.65 bits per heavy atom. The maximum Gasteiger partial charge on any atom is 0.0384 e. The first-order valence-electron chi connectivity index (χ1n) is 7.11. The van der Waals surface area contributed by atoms with Crippen LogP contribution < -0.4 is 10.6 Å². The van der Waals surface area contributed by atoms with Gasteiger partial charge in [0.25, 0.3) is 0 Å². The number of hydrogen-bond acceptors (Lipinski definition) is 2. The Balaban J connectivity index is 2.07. The smallest absolute Gasteiger partial charge is 0.0384 e. The molecule has 0 aliphatic carbocycles. The zero-order chi connectivity index (χ0) is 14.7. The molecule has 2 heteroatoms. The molecule has 0 radical (unpaired) electrons. The second kappa shape index (κ2) is 6.00. The summed E-state index contributed by atoms with van der Waals surface area (Å²) >= 11 is 0. The minimum atomic E-state index is 0.816. The van der Waals surface area contributed by atoms with Crippen LogP contribution in [0.1, 0.15) is 22.3 Å². The standard InChI is InChI=1S/C18H24N2/c1-13-10-15(3)16(11-14(13)2)8-9-20(4)18-7-5-6-17(19)12-18/h5-7,10-12H,8-9,19H2,1-4H3. The normalized spacial score (nSPS) is 10.6. The van der Waals surface area contributed by atoms with Gasteiger partial charge in [0.2, 0.25) is 0 Å². The van der Waals surface area contributed by atoms with E-state index in [-0.39, 0.29) is 0 Å². The van der Waals surface area contributed by atoms with Gasteiger partial charge in [-0.2, -0.15) is 0 Å². The molecule has 0 aliphatic rings. The summed E-state index contributed by atoms with van der Waals surface area (Å²) in [4.78, 5) is 2.25. The van der Waals surface area contributed by atoms with Gasteiger partial charge < -0.3 is 10.6 Å². The quantitative estimate of drug-likeness (QED) is 0.853. The van der Waals surface area contributed by atoms with E-state index in [0.717, 1.165) is 18.7 Å². The van der Waals surface area contributed by atoms with Crippen molar-refractivity contribution in [3.63, 3.8) is 0 Å². The lowest BCUT2D eigenvalue weighted by molar-refractivity contribution is 0.870. The van der Waals surface area contributed by atoms with Crippen LogP contribution in [0.3, 0.4) is 0 Å². The molecule has 2 N–H and O–H groups in total. The third-order valence-electron chi connectivity index (χ3n) is 3.98. The highest BCUT2D eigenvalue weighted by Crippen LogP contribution is 2.19. The fourth-order valence-electron chi connectivity index (χ4n) is 2.47. The molecule has 106 valence electrons. The number of aryl methyl sites for hydroxylation is 3. The van der Waals surface area contributed by atoms with Gasteiger partial charge in [-0.3, -0.25) is 0 Å². The molecule has 0 aliphatic heterocycles. The molecular formula is C18H24N2. The van der Waals surface area contributed by atoms with Crippen LogP contribution in [0.25, 0.3) is 0 Å². The molecule has 0 bridgehead atoms. The average molecular weight is 268 g/mol. The van der Waals surface area contributed by atoms with Crippen molar-refractivity contribution in [1.29, 1.82) is 0 Å². The number of benzene rings is 2. The lowest BCUT2D eigenvalue weighted by Gasteiger charge is -2.20. The maximum absolute atomic E-state index is 5.84. The van der Waals surface area contributed by atoms with Gasteiger partial charge in [-0.25, -0.2) is 0 Å². The van der Waals surface area contributed by atoms with Gasteiger partial charge in [0.1, 0.15) is 0 Å². The van der Waals surface area contributed by atoms with Gasteiger partial charge in [-0.05, 0) is 67.6 Å². The number of likely N-dealkylation sites (N-methyl/N-ethyl adjacent to an activating group) is 1. The van der Waals surface area contributed by atoms with Crippen molar-refractivity contribution in [2.24, 2.45) is 0 Å². The summed E-state index contributed by atoms with van der Waals surface area (Å²) in [6.07, 6.45) is 1.05.